The smallest absolute Gasteiger partial charge is 0.393 e. The van der Waals surface area contributed by atoms with Gasteiger partial charge in [0.2, 0.25) is 6.54 Å². The predicted molar refractivity (Wildman–Crippen MR) is 35.8 cm³/mol. The Morgan fingerprint density at radius 2 is 2.50 bits per heavy atom. The van der Waals surface area contributed by atoms with Gasteiger partial charge in [-0.05, 0) is 6.92 Å². The van der Waals surface area contributed by atoms with E-state index < -0.39 is 0 Å². The molecule has 0 fully saturated rings. The van der Waals surface area contributed by atoms with Crippen LogP contribution < -0.4 is 9.42 Å². The van der Waals surface area contributed by atoms with Gasteiger partial charge in [0.1, 0.15) is 0 Å². The summed E-state index contributed by atoms with van der Waals surface area (Å²) in [5.41, 5.74) is 1.25. The van der Waals surface area contributed by atoms with Crippen molar-refractivity contribution in [2.75, 3.05) is 6.61 Å². The highest BCUT2D eigenvalue weighted by atomic mass is 16.5. The third-order valence-corrected chi connectivity index (χ3v) is 2.01. The molecule has 1 aliphatic heterocycles. The van der Waals surface area contributed by atoms with Gasteiger partial charge < -0.3 is 4.74 Å². The van der Waals surface area contributed by atoms with E-state index in [9.17, 15) is 0 Å². The van der Waals surface area contributed by atoms with Gasteiger partial charge in [0, 0.05) is 0 Å². The largest absolute Gasteiger partial charge is 0.436 e. The molecule has 1 aliphatic rings. The van der Waals surface area contributed by atoms with Crippen molar-refractivity contribution in [3.8, 4) is 5.88 Å². The van der Waals surface area contributed by atoms with E-state index in [0.717, 1.165) is 19.0 Å². The lowest BCUT2D eigenvalue weighted by Crippen LogP contribution is -2.39. The molecule has 0 saturated heterocycles. The zero-order valence-electron chi connectivity index (χ0n) is 6.29. The summed E-state index contributed by atoms with van der Waals surface area (Å²) in [5.74, 6) is 1.00. The topological polar surface area (TPSA) is 18.0 Å². The fourth-order valence-electron chi connectivity index (χ4n) is 1.30. The molecule has 0 saturated carbocycles. The van der Waals surface area contributed by atoms with Gasteiger partial charge in [0.25, 0.3) is 0 Å². The standard InChI is InChI=1S/C7H11N2O/c1-6-5-7-9(8(6)2)3-4-10-7/h5H,3-4H2,1-2H3/q+1. The maximum Gasteiger partial charge on any atom is 0.393 e. The Bertz CT molecular complexity index is 265. The normalized spacial score (nSPS) is 15.0. The Balaban J connectivity index is 2.59. The number of ether oxygens (including phenoxy) is 1. The zero-order valence-corrected chi connectivity index (χ0v) is 6.29. The van der Waals surface area contributed by atoms with Crippen LogP contribution in [-0.4, -0.2) is 11.3 Å². The van der Waals surface area contributed by atoms with Crippen molar-refractivity contribution in [2.24, 2.45) is 7.05 Å². The Morgan fingerprint density at radius 3 is 3.20 bits per heavy atom. The maximum atomic E-state index is 5.34. The number of rotatable bonds is 0. The van der Waals surface area contributed by atoms with Gasteiger partial charge in [-0.25, -0.2) is 0 Å². The maximum absolute atomic E-state index is 5.34. The lowest BCUT2D eigenvalue weighted by Gasteiger charge is -1.89. The number of hydrogen-bond acceptors (Lipinski definition) is 1. The van der Waals surface area contributed by atoms with E-state index in [0.29, 0.717) is 0 Å². The van der Waals surface area contributed by atoms with Crippen LogP contribution in [0.3, 0.4) is 0 Å². The molecule has 0 aromatic carbocycles. The van der Waals surface area contributed by atoms with E-state index >= 15 is 0 Å². The first kappa shape index (κ1) is 5.77. The van der Waals surface area contributed by atoms with Gasteiger partial charge in [-0.2, -0.15) is 4.68 Å². The van der Waals surface area contributed by atoms with Crippen LogP contribution in [0.1, 0.15) is 5.69 Å². The van der Waals surface area contributed by atoms with Crippen molar-refractivity contribution < 1.29 is 9.42 Å². The molecule has 0 unspecified atom stereocenters. The number of aromatic nitrogens is 2. The second kappa shape index (κ2) is 1.75. The van der Waals surface area contributed by atoms with Crippen molar-refractivity contribution in [3.05, 3.63) is 11.8 Å². The summed E-state index contributed by atoms with van der Waals surface area (Å²) < 4.78 is 9.59. The first-order chi connectivity index (χ1) is 4.79. The summed E-state index contributed by atoms with van der Waals surface area (Å²) in [6.45, 7) is 3.89. The highest BCUT2D eigenvalue weighted by Gasteiger charge is 2.25. The average Bonchev–Trinajstić information content (AvgIpc) is 2.41. The quantitative estimate of drug-likeness (QED) is 0.463. The minimum absolute atomic E-state index is 0.823. The number of fused-ring (bicyclic) bond motifs is 1. The molecule has 2 rings (SSSR count). The lowest BCUT2D eigenvalue weighted by atomic mass is 10.5. The molecule has 0 N–H and O–H groups in total. The van der Waals surface area contributed by atoms with Gasteiger partial charge in [-0.1, -0.05) is 4.68 Å². The lowest BCUT2D eigenvalue weighted by molar-refractivity contribution is -0.758. The van der Waals surface area contributed by atoms with E-state index in [4.69, 9.17) is 4.74 Å². The Kier molecular flexibility index (Phi) is 1.01. The average molecular weight is 139 g/mol. The first-order valence-electron chi connectivity index (χ1n) is 3.48. The summed E-state index contributed by atoms with van der Waals surface area (Å²) >= 11 is 0. The van der Waals surface area contributed by atoms with Crippen LogP contribution in [-0.2, 0) is 13.6 Å². The molecule has 1 aromatic heterocycles. The minimum Gasteiger partial charge on any atom is -0.436 e. The number of aryl methyl sites for hydroxylation is 1. The van der Waals surface area contributed by atoms with Crippen LogP contribution in [0.4, 0.5) is 0 Å². The molecule has 2 heterocycles. The summed E-state index contributed by atoms with van der Waals surface area (Å²) in [7, 11) is 2.05. The third-order valence-electron chi connectivity index (χ3n) is 2.01. The van der Waals surface area contributed by atoms with E-state index in [1.54, 1.807) is 0 Å². The van der Waals surface area contributed by atoms with Crippen molar-refractivity contribution in [3.63, 3.8) is 0 Å². The molecular weight excluding hydrogens is 128 g/mol. The van der Waals surface area contributed by atoms with E-state index in [2.05, 4.69) is 22.4 Å². The van der Waals surface area contributed by atoms with Crippen molar-refractivity contribution >= 4 is 0 Å². The van der Waals surface area contributed by atoms with Crippen LogP contribution in [0.25, 0.3) is 0 Å². The number of nitrogens with zero attached hydrogens (tertiary/aromatic N) is 2. The second-order valence-corrected chi connectivity index (χ2v) is 2.62. The van der Waals surface area contributed by atoms with Gasteiger partial charge in [-0.3, -0.25) is 0 Å². The highest BCUT2D eigenvalue weighted by Crippen LogP contribution is 2.11. The molecule has 0 atom stereocenters. The fourth-order valence-corrected chi connectivity index (χ4v) is 1.30. The minimum atomic E-state index is 0.823. The van der Waals surface area contributed by atoms with E-state index in [-0.39, 0.29) is 0 Å². The third kappa shape index (κ3) is 0.574. The Morgan fingerprint density at radius 1 is 1.70 bits per heavy atom. The van der Waals surface area contributed by atoms with Crippen molar-refractivity contribution in [1.82, 2.24) is 4.68 Å². The molecular formula is C7H11N2O+. The molecule has 0 bridgehead atoms. The number of hydrogen-bond donors (Lipinski definition) is 0. The summed E-state index contributed by atoms with van der Waals surface area (Å²) in [4.78, 5) is 0. The van der Waals surface area contributed by atoms with Gasteiger partial charge >= 0.3 is 5.88 Å². The Labute approximate surface area is 59.8 Å². The Hall–Kier alpha value is -0.990. The summed E-state index contributed by atoms with van der Waals surface area (Å²) in [6.07, 6.45) is 0. The summed E-state index contributed by atoms with van der Waals surface area (Å²) in [5, 5.41) is 0. The van der Waals surface area contributed by atoms with E-state index in [1.807, 2.05) is 7.05 Å². The first-order valence-corrected chi connectivity index (χ1v) is 3.48. The molecule has 10 heavy (non-hydrogen) atoms. The molecule has 0 amide bonds. The van der Waals surface area contributed by atoms with Crippen molar-refractivity contribution in [1.29, 1.82) is 0 Å². The monoisotopic (exact) mass is 139 g/mol. The fraction of sp³-hybridized carbons (Fsp3) is 0.571. The molecule has 0 aliphatic carbocycles. The van der Waals surface area contributed by atoms with Crippen LogP contribution in [0.5, 0.6) is 5.88 Å². The molecule has 3 nitrogen and oxygen atoms in total. The second-order valence-electron chi connectivity index (χ2n) is 2.62. The molecule has 3 heteroatoms. The van der Waals surface area contributed by atoms with E-state index in [1.165, 1.54) is 5.69 Å². The van der Waals surface area contributed by atoms with Gasteiger partial charge in [-0.15, -0.1) is 0 Å². The SMILES string of the molecule is Cc1cc2[n+](n1C)CCO2. The summed E-state index contributed by atoms with van der Waals surface area (Å²) in [6, 6.07) is 2.06. The molecule has 0 radical (unpaired) electrons. The van der Waals surface area contributed by atoms with Crippen molar-refractivity contribution in [2.45, 2.75) is 13.5 Å². The molecule has 0 spiro atoms. The predicted octanol–water partition coefficient (Wildman–Crippen LogP) is 0.0134. The van der Waals surface area contributed by atoms with Gasteiger partial charge in [0.05, 0.1) is 18.8 Å². The van der Waals surface area contributed by atoms with Crippen LogP contribution >= 0.6 is 0 Å². The molecule has 54 valence electrons. The highest BCUT2D eigenvalue weighted by molar-refractivity contribution is 5.08. The molecule has 1 aromatic rings. The van der Waals surface area contributed by atoms with Crippen LogP contribution in [0, 0.1) is 6.92 Å². The zero-order chi connectivity index (χ0) is 7.14. The van der Waals surface area contributed by atoms with Crippen LogP contribution in [0.15, 0.2) is 6.07 Å². The van der Waals surface area contributed by atoms with Crippen LogP contribution in [0.2, 0.25) is 0 Å². The van der Waals surface area contributed by atoms with Gasteiger partial charge in [0.15, 0.2) is 6.61 Å².